The number of aromatic amines is 1. The summed E-state index contributed by atoms with van der Waals surface area (Å²) in [6, 6.07) is 33.4. The van der Waals surface area contributed by atoms with Gasteiger partial charge in [0.1, 0.15) is 5.75 Å². The molecule has 1 atom stereocenters. The summed E-state index contributed by atoms with van der Waals surface area (Å²) in [5.74, 6) is 0.421. The molecule has 5 aromatic rings. The van der Waals surface area contributed by atoms with Crippen LogP contribution in [0.15, 0.2) is 91.0 Å². The molecule has 0 fully saturated rings. The number of ether oxygens (including phenoxy) is 1. The first-order valence-electron chi connectivity index (χ1n) is 10.5. The summed E-state index contributed by atoms with van der Waals surface area (Å²) in [6.07, 6.45) is 0. The van der Waals surface area contributed by atoms with E-state index in [-0.39, 0.29) is 0 Å². The van der Waals surface area contributed by atoms with Crippen LogP contribution >= 0.6 is 0 Å². The number of nitrogens with one attached hydrogen (secondary N) is 1. The standard InChI is InChI=1S/C28H22N2O/c1-2-31-23-15-13-20(14-16-23)25(18-29)27-24-9-5-6-10-26(24)30-28(27)22-12-11-19-7-3-4-8-21(19)17-22/h3-17,25,30H,2H2,1H3. The predicted molar refractivity (Wildman–Crippen MR) is 126 cm³/mol. The molecule has 0 amide bonds. The molecule has 5 rings (SSSR count). The minimum atomic E-state index is -0.395. The van der Waals surface area contributed by atoms with E-state index < -0.39 is 5.92 Å². The SMILES string of the molecule is CCOc1ccc(C(C#N)c2c(-c3ccc4ccccc4c3)[nH]c3ccccc23)cc1. The highest BCUT2D eigenvalue weighted by Crippen LogP contribution is 2.39. The van der Waals surface area contributed by atoms with Gasteiger partial charge in [-0.2, -0.15) is 5.26 Å². The number of nitriles is 1. The van der Waals surface area contributed by atoms with Gasteiger partial charge in [0.05, 0.1) is 24.3 Å². The lowest BCUT2D eigenvalue weighted by atomic mass is 9.88. The lowest BCUT2D eigenvalue weighted by Gasteiger charge is -2.14. The number of H-pyrrole nitrogens is 1. The highest BCUT2D eigenvalue weighted by Gasteiger charge is 2.23. The van der Waals surface area contributed by atoms with Gasteiger partial charge in [-0.25, -0.2) is 0 Å². The van der Waals surface area contributed by atoms with Gasteiger partial charge in [-0.05, 0) is 53.1 Å². The molecule has 0 radical (unpaired) electrons. The summed E-state index contributed by atoms with van der Waals surface area (Å²) in [4.78, 5) is 3.59. The maximum atomic E-state index is 10.2. The zero-order valence-electron chi connectivity index (χ0n) is 17.3. The monoisotopic (exact) mass is 402 g/mol. The molecule has 3 nitrogen and oxygen atoms in total. The van der Waals surface area contributed by atoms with Crippen LogP contribution in [0.3, 0.4) is 0 Å². The average molecular weight is 402 g/mol. The van der Waals surface area contributed by atoms with Crippen molar-refractivity contribution in [2.75, 3.05) is 6.61 Å². The van der Waals surface area contributed by atoms with Crippen LogP contribution in [0.1, 0.15) is 24.0 Å². The molecular weight excluding hydrogens is 380 g/mol. The third kappa shape index (κ3) is 3.43. The molecule has 0 spiro atoms. The lowest BCUT2D eigenvalue weighted by Crippen LogP contribution is -2.00. The van der Waals surface area contributed by atoms with Gasteiger partial charge in [-0.1, -0.05) is 66.7 Å². The Hall–Kier alpha value is -4.03. The fourth-order valence-corrected chi connectivity index (χ4v) is 4.26. The van der Waals surface area contributed by atoms with Crippen LogP contribution in [0.4, 0.5) is 0 Å². The third-order valence-electron chi connectivity index (χ3n) is 5.73. The van der Waals surface area contributed by atoms with Gasteiger partial charge in [0.2, 0.25) is 0 Å². The third-order valence-corrected chi connectivity index (χ3v) is 5.73. The van der Waals surface area contributed by atoms with Crippen molar-refractivity contribution in [1.82, 2.24) is 4.98 Å². The number of para-hydroxylation sites is 1. The van der Waals surface area contributed by atoms with E-state index in [4.69, 9.17) is 4.74 Å². The van der Waals surface area contributed by atoms with E-state index in [1.807, 2.05) is 49.4 Å². The van der Waals surface area contributed by atoms with E-state index in [0.717, 1.165) is 39.0 Å². The second-order valence-corrected chi connectivity index (χ2v) is 7.59. The Morgan fingerprint density at radius 2 is 1.61 bits per heavy atom. The van der Waals surface area contributed by atoms with Crippen LogP contribution in [0.5, 0.6) is 5.75 Å². The van der Waals surface area contributed by atoms with Crippen molar-refractivity contribution in [3.8, 4) is 23.1 Å². The Bertz CT molecular complexity index is 1410. The Labute approximate surface area is 181 Å². The summed E-state index contributed by atoms with van der Waals surface area (Å²) in [6.45, 7) is 2.59. The number of hydrogen-bond acceptors (Lipinski definition) is 2. The van der Waals surface area contributed by atoms with Gasteiger partial charge in [0, 0.05) is 16.5 Å². The van der Waals surface area contributed by atoms with Crippen molar-refractivity contribution in [3.05, 3.63) is 102 Å². The van der Waals surface area contributed by atoms with E-state index >= 15 is 0 Å². The van der Waals surface area contributed by atoms with Crippen LogP contribution in [0.2, 0.25) is 0 Å². The summed E-state index contributed by atoms with van der Waals surface area (Å²) in [5.41, 5.74) is 5.07. The largest absolute Gasteiger partial charge is 0.494 e. The minimum Gasteiger partial charge on any atom is -0.494 e. The molecule has 150 valence electrons. The molecule has 0 aliphatic heterocycles. The first-order valence-corrected chi connectivity index (χ1v) is 10.5. The zero-order valence-corrected chi connectivity index (χ0v) is 17.3. The highest BCUT2D eigenvalue weighted by atomic mass is 16.5. The molecular formula is C28H22N2O. The number of aromatic nitrogens is 1. The van der Waals surface area contributed by atoms with Gasteiger partial charge in [-0.3, -0.25) is 0 Å². The molecule has 1 N–H and O–H groups in total. The first kappa shape index (κ1) is 19.0. The number of nitrogens with zero attached hydrogens (tertiary/aromatic N) is 1. The van der Waals surface area contributed by atoms with Crippen LogP contribution in [0.25, 0.3) is 32.9 Å². The molecule has 0 aliphatic carbocycles. The zero-order chi connectivity index (χ0) is 21.2. The predicted octanol–water partition coefficient (Wildman–Crippen LogP) is 7.04. The van der Waals surface area contributed by atoms with Crippen LogP contribution in [-0.2, 0) is 0 Å². The summed E-state index contributed by atoms with van der Waals surface area (Å²) in [7, 11) is 0. The van der Waals surface area contributed by atoms with Crippen LogP contribution in [0, 0.1) is 11.3 Å². The number of rotatable bonds is 5. The smallest absolute Gasteiger partial charge is 0.119 e. The average Bonchev–Trinajstić information content (AvgIpc) is 3.20. The van der Waals surface area contributed by atoms with Crippen LogP contribution in [-0.4, -0.2) is 11.6 Å². The van der Waals surface area contributed by atoms with Crippen molar-refractivity contribution in [2.24, 2.45) is 0 Å². The summed E-state index contributed by atoms with van der Waals surface area (Å²) in [5, 5.41) is 13.7. The van der Waals surface area contributed by atoms with Gasteiger partial charge in [0.15, 0.2) is 0 Å². The van der Waals surface area contributed by atoms with Gasteiger partial charge >= 0.3 is 0 Å². The van der Waals surface area contributed by atoms with E-state index in [0.29, 0.717) is 6.61 Å². The fraction of sp³-hybridized carbons (Fsp3) is 0.107. The van der Waals surface area contributed by atoms with Crippen molar-refractivity contribution >= 4 is 21.7 Å². The molecule has 31 heavy (non-hydrogen) atoms. The Morgan fingerprint density at radius 1 is 0.871 bits per heavy atom. The van der Waals surface area contributed by atoms with E-state index in [2.05, 4.69) is 59.6 Å². The molecule has 0 saturated carbocycles. The van der Waals surface area contributed by atoms with Crippen LogP contribution < -0.4 is 4.74 Å². The van der Waals surface area contributed by atoms with E-state index in [9.17, 15) is 5.26 Å². The molecule has 1 aromatic heterocycles. The Kier molecular flexibility index (Phi) is 4.90. The number of hydrogen-bond donors (Lipinski definition) is 1. The molecule has 3 heteroatoms. The van der Waals surface area contributed by atoms with Gasteiger partial charge < -0.3 is 9.72 Å². The fourth-order valence-electron chi connectivity index (χ4n) is 4.26. The van der Waals surface area contributed by atoms with Gasteiger partial charge in [0.25, 0.3) is 0 Å². The van der Waals surface area contributed by atoms with Crippen molar-refractivity contribution in [1.29, 1.82) is 5.26 Å². The molecule has 0 saturated heterocycles. The quantitative estimate of drug-likeness (QED) is 0.343. The van der Waals surface area contributed by atoms with Crippen molar-refractivity contribution < 1.29 is 4.74 Å². The molecule has 0 aliphatic rings. The highest BCUT2D eigenvalue weighted by molar-refractivity contribution is 5.95. The first-order chi connectivity index (χ1) is 15.3. The topological polar surface area (TPSA) is 48.8 Å². The Balaban J connectivity index is 1.70. The number of benzene rings is 4. The normalized spacial score (nSPS) is 12.0. The maximum absolute atomic E-state index is 10.2. The van der Waals surface area contributed by atoms with Crippen molar-refractivity contribution in [3.63, 3.8) is 0 Å². The van der Waals surface area contributed by atoms with E-state index in [1.165, 1.54) is 10.8 Å². The summed E-state index contributed by atoms with van der Waals surface area (Å²) >= 11 is 0. The molecule has 0 bridgehead atoms. The van der Waals surface area contributed by atoms with E-state index in [1.54, 1.807) is 0 Å². The second kappa shape index (κ2) is 8.01. The van der Waals surface area contributed by atoms with Gasteiger partial charge in [-0.15, -0.1) is 0 Å². The molecule has 1 heterocycles. The second-order valence-electron chi connectivity index (χ2n) is 7.59. The molecule has 4 aromatic carbocycles. The molecule has 1 unspecified atom stereocenters. The van der Waals surface area contributed by atoms with Crippen molar-refractivity contribution in [2.45, 2.75) is 12.8 Å². The number of fused-ring (bicyclic) bond motifs is 2. The lowest BCUT2D eigenvalue weighted by molar-refractivity contribution is 0.340. The minimum absolute atomic E-state index is 0.395. The Morgan fingerprint density at radius 3 is 2.39 bits per heavy atom. The maximum Gasteiger partial charge on any atom is 0.119 e. The summed E-state index contributed by atoms with van der Waals surface area (Å²) < 4.78 is 5.58.